The minimum atomic E-state index is -0.116. The molecule has 4 saturated carbocycles. The van der Waals surface area contributed by atoms with Crippen LogP contribution in [0.4, 0.5) is 5.69 Å². The molecule has 1 heterocycles. The predicted octanol–water partition coefficient (Wildman–Crippen LogP) is 5.71. The Hall–Kier alpha value is -1.65. The molecule has 0 radical (unpaired) electrons. The van der Waals surface area contributed by atoms with Gasteiger partial charge in [-0.25, -0.2) is 0 Å². The van der Waals surface area contributed by atoms with E-state index in [0.29, 0.717) is 29.3 Å². The zero-order chi connectivity index (χ0) is 22.7. The maximum absolute atomic E-state index is 13.4. The van der Waals surface area contributed by atoms with E-state index in [4.69, 9.17) is 0 Å². The predicted molar refractivity (Wildman–Crippen MR) is 126 cm³/mol. The van der Waals surface area contributed by atoms with E-state index >= 15 is 0 Å². The van der Waals surface area contributed by atoms with Crippen molar-refractivity contribution < 1.29 is 9.59 Å². The van der Waals surface area contributed by atoms with Crippen LogP contribution in [0.25, 0.3) is 0 Å². The summed E-state index contributed by atoms with van der Waals surface area (Å²) in [5.41, 5.74) is 1.35. The van der Waals surface area contributed by atoms with E-state index in [-0.39, 0.29) is 17.2 Å². The lowest BCUT2D eigenvalue weighted by atomic mass is 9.44. The number of carbonyl (C=O) groups excluding carboxylic acids is 2. The summed E-state index contributed by atoms with van der Waals surface area (Å²) < 4.78 is 1.70. The molecule has 7 unspecified atom stereocenters. The average molecular weight is 440 g/mol. The van der Waals surface area contributed by atoms with Crippen LogP contribution in [-0.4, -0.2) is 21.5 Å². The highest BCUT2D eigenvalue weighted by Gasteiger charge is 2.60. The number of amides is 1. The van der Waals surface area contributed by atoms with E-state index in [0.717, 1.165) is 30.1 Å². The fourth-order valence-electron chi connectivity index (χ4n) is 8.99. The lowest BCUT2D eigenvalue weighted by Gasteiger charge is -2.61. The topological polar surface area (TPSA) is 64.0 Å². The zero-order valence-electron chi connectivity index (χ0n) is 20.4. The number of nitrogens with zero attached hydrogens (tertiary/aromatic N) is 2. The Morgan fingerprint density at radius 1 is 1.06 bits per heavy atom. The van der Waals surface area contributed by atoms with Crippen molar-refractivity contribution >= 4 is 17.4 Å². The maximum Gasteiger partial charge on any atom is 0.221 e. The SMILES string of the molecule is CC(=O)Nc1cnn(CC(=O)[C@H]2CCC3C4CCC5CC(C)CCC5(C)C4CCC32C)c1. The molecule has 4 aliphatic rings. The Morgan fingerprint density at radius 3 is 2.59 bits per heavy atom. The van der Waals surface area contributed by atoms with Crippen LogP contribution in [-0.2, 0) is 16.1 Å². The molecular formula is C27H41N3O2. The molecule has 1 aromatic heterocycles. The first kappa shape index (κ1) is 22.2. The molecule has 5 nitrogen and oxygen atoms in total. The highest BCUT2D eigenvalue weighted by molar-refractivity contribution is 5.88. The quantitative estimate of drug-likeness (QED) is 0.654. The number of rotatable bonds is 4. The van der Waals surface area contributed by atoms with Crippen molar-refractivity contribution in [3.05, 3.63) is 12.4 Å². The largest absolute Gasteiger partial charge is 0.324 e. The van der Waals surface area contributed by atoms with Gasteiger partial charge in [-0.3, -0.25) is 14.3 Å². The molecule has 8 atom stereocenters. The number of hydrogen-bond donors (Lipinski definition) is 1. The zero-order valence-corrected chi connectivity index (χ0v) is 20.4. The van der Waals surface area contributed by atoms with Crippen LogP contribution < -0.4 is 5.32 Å². The van der Waals surface area contributed by atoms with Crippen molar-refractivity contribution in [3.63, 3.8) is 0 Å². The summed E-state index contributed by atoms with van der Waals surface area (Å²) >= 11 is 0. The van der Waals surface area contributed by atoms with E-state index in [9.17, 15) is 9.59 Å². The van der Waals surface area contributed by atoms with E-state index in [1.54, 1.807) is 17.1 Å². The van der Waals surface area contributed by atoms with Gasteiger partial charge in [0.15, 0.2) is 5.78 Å². The van der Waals surface area contributed by atoms with Gasteiger partial charge in [0.2, 0.25) is 5.91 Å². The molecule has 4 aliphatic carbocycles. The Balaban J connectivity index is 1.30. The second-order valence-electron chi connectivity index (χ2n) is 12.3. The summed E-state index contributed by atoms with van der Waals surface area (Å²) in [5.74, 6) is 4.59. The second-order valence-corrected chi connectivity index (χ2v) is 12.3. The summed E-state index contributed by atoms with van der Waals surface area (Å²) in [6.07, 6.45) is 15.3. The fraction of sp³-hybridized carbons (Fsp3) is 0.815. The molecule has 0 aromatic carbocycles. The number of hydrogen-bond acceptors (Lipinski definition) is 3. The van der Waals surface area contributed by atoms with Crippen molar-refractivity contribution in [1.82, 2.24) is 9.78 Å². The highest BCUT2D eigenvalue weighted by atomic mass is 16.1. The molecule has 0 bridgehead atoms. The highest BCUT2D eigenvalue weighted by Crippen LogP contribution is 2.67. The molecule has 4 fully saturated rings. The Bertz CT molecular complexity index is 893. The third kappa shape index (κ3) is 3.54. The minimum absolute atomic E-state index is 0.116. The normalized spacial score (nSPS) is 43.1. The smallest absolute Gasteiger partial charge is 0.221 e. The Kier molecular flexibility index (Phi) is 5.53. The van der Waals surface area contributed by atoms with Crippen LogP contribution >= 0.6 is 0 Å². The van der Waals surface area contributed by atoms with Crippen molar-refractivity contribution in [2.45, 2.75) is 92.0 Å². The number of fused-ring (bicyclic) bond motifs is 5. The summed E-state index contributed by atoms with van der Waals surface area (Å²) in [5, 5.41) is 7.06. The van der Waals surface area contributed by atoms with Gasteiger partial charge in [-0.05, 0) is 91.8 Å². The molecule has 1 aromatic rings. The fourth-order valence-corrected chi connectivity index (χ4v) is 8.99. The third-order valence-electron chi connectivity index (χ3n) is 10.6. The van der Waals surface area contributed by atoms with Crippen molar-refractivity contribution in [1.29, 1.82) is 0 Å². The lowest BCUT2D eigenvalue weighted by molar-refractivity contribution is -0.137. The van der Waals surface area contributed by atoms with Crippen LogP contribution in [0.15, 0.2) is 12.4 Å². The molecule has 1 amide bonds. The van der Waals surface area contributed by atoms with E-state index in [1.807, 2.05) is 0 Å². The summed E-state index contributed by atoms with van der Waals surface area (Å²) in [7, 11) is 0. The van der Waals surface area contributed by atoms with Gasteiger partial charge >= 0.3 is 0 Å². The van der Waals surface area contributed by atoms with Gasteiger partial charge in [-0.1, -0.05) is 27.2 Å². The first-order chi connectivity index (χ1) is 15.2. The van der Waals surface area contributed by atoms with Crippen molar-refractivity contribution in [3.8, 4) is 0 Å². The number of aromatic nitrogens is 2. The molecule has 0 spiro atoms. The molecule has 176 valence electrons. The first-order valence-electron chi connectivity index (χ1n) is 13.0. The van der Waals surface area contributed by atoms with Gasteiger partial charge in [-0.15, -0.1) is 0 Å². The summed E-state index contributed by atoms with van der Waals surface area (Å²) in [6.45, 7) is 9.33. The van der Waals surface area contributed by atoms with Crippen LogP contribution in [0.1, 0.15) is 85.5 Å². The Labute approximate surface area is 193 Å². The van der Waals surface area contributed by atoms with Gasteiger partial charge in [0.1, 0.15) is 0 Å². The lowest BCUT2D eigenvalue weighted by Crippen LogP contribution is -2.53. The molecule has 32 heavy (non-hydrogen) atoms. The average Bonchev–Trinajstić information content (AvgIpc) is 3.31. The molecule has 5 rings (SSSR count). The molecule has 1 N–H and O–H groups in total. The monoisotopic (exact) mass is 439 g/mol. The van der Waals surface area contributed by atoms with E-state index in [2.05, 4.69) is 31.2 Å². The van der Waals surface area contributed by atoms with E-state index < -0.39 is 0 Å². The van der Waals surface area contributed by atoms with Gasteiger partial charge in [0, 0.05) is 19.0 Å². The number of ketones is 1. The van der Waals surface area contributed by atoms with Gasteiger partial charge in [-0.2, -0.15) is 5.10 Å². The maximum atomic E-state index is 13.4. The van der Waals surface area contributed by atoms with Crippen molar-refractivity contribution in [2.24, 2.45) is 46.3 Å². The van der Waals surface area contributed by atoms with Crippen LogP contribution in [0.3, 0.4) is 0 Å². The Morgan fingerprint density at radius 2 is 1.81 bits per heavy atom. The summed E-state index contributed by atoms with van der Waals surface area (Å²) in [6, 6.07) is 0. The first-order valence-corrected chi connectivity index (χ1v) is 13.0. The van der Waals surface area contributed by atoms with Gasteiger partial charge in [0.25, 0.3) is 0 Å². The second kappa shape index (κ2) is 7.99. The number of carbonyl (C=O) groups is 2. The van der Waals surface area contributed by atoms with Gasteiger partial charge < -0.3 is 5.32 Å². The van der Waals surface area contributed by atoms with E-state index in [1.165, 1.54) is 58.3 Å². The number of Topliss-reactive ketones (excluding diaryl/α,β-unsaturated/α-hetero) is 1. The standard InChI is InChI=1S/C27H41N3O2/c1-17-9-11-26(3)19(13-17)5-6-21-22-7-8-24(27(22,4)12-10-23(21)26)25(32)16-30-15-20(14-28-30)29-18(2)31/h14-15,17,19,21-24H,5-13,16H2,1-4H3,(H,29,31)/t17?,19?,21?,22?,23?,24-,26?,27?/m1/s1. The van der Waals surface area contributed by atoms with Gasteiger partial charge in [0.05, 0.1) is 18.4 Å². The minimum Gasteiger partial charge on any atom is -0.324 e. The molecule has 0 aliphatic heterocycles. The van der Waals surface area contributed by atoms with Crippen molar-refractivity contribution in [2.75, 3.05) is 5.32 Å². The number of anilines is 1. The number of nitrogens with one attached hydrogen (secondary N) is 1. The molecule has 0 saturated heterocycles. The van der Waals surface area contributed by atoms with Crippen LogP contribution in [0.2, 0.25) is 0 Å². The molecular weight excluding hydrogens is 398 g/mol. The molecule has 5 heteroatoms. The van der Waals surface area contributed by atoms with Crippen LogP contribution in [0.5, 0.6) is 0 Å². The third-order valence-corrected chi connectivity index (χ3v) is 10.6. The van der Waals surface area contributed by atoms with Crippen LogP contribution in [0, 0.1) is 46.3 Å². The summed E-state index contributed by atoms with van der Waals surface area (Å²) in [4.78, 5) is 24.7.